The van der Waals surface area contributed by atoms with E-state index in [1.165, 1.54) is 41.4 Å². The topological polar surface area (TPSA) is 79.4 Å². The van der Waals surface area contributed by atoms with Crippen LogP contribution in [0.3, 0.4) is 0 Å². The molecule has 33 heavy (non-hydrogen) atoms. The Morgan fingerprint density at radius 1 is 1.09 bits per heavy atom. The number of carboxylic acid groups (broad SMARTS) is 1. The molecule has 8 nitrogen and oxygen atoms in total. The van der Waals surface area contributed by atoms with Crippen molar-refractivity contribution in [1.29, 1.82) is 0 Å². The normalized spacial score (nSPS) is 24.9. The van der Waals surface area contributed by atoms with E-state index in [1.54, 1.807) is 0 Å². The summed E-state index contributed by atoms with van der Waals surface area (Å²) in [4.78, 5) is 30.8. The SMILES string of the molecule is O=C(O)C1C=CN(C(=O)N2CCC3(CCN(Cc4ccc(Cl)cc4N4CCCC4)C3)CC2)N1. The first-order valence-corrected chi connectivity index (χ1v) is 12.3. The average molecular weight is 474 g/mol. The minimum Gasteiger partial charge on any atom is -0.480 e. The number of amides is 2. The highest BCUT2D eigenvalue weighted by Gasteiger charge is 2.42. The molecule has 1 unspecified atom stereocenters. The number of carboxylic acids is 1. The quantitative estimate of drug-likeness (QED) is 0.699. The monoisotopic (exact) mass is 473 g/mol. The third-order valence-corrected chi connectivity index (χ3v) is 7.91. The van der Waals surface area contributed by atoms with Crippen LogP contribution in [0, 0.1) is 5.41 Å². The van der Waals surface area contributed by atoms with Gasteiger partial charge >= 0.3 is 12.0 Å². The van der Waals surface area contributed by atoms with Gasteiger partial charge in [-0.15, -0.1) is 0 Å². The van der Waals surface area contributed by atoms with E-state index in [2.05, 4.69) is 27.4 Å². The number of anilines is 1. The predicted molar refractivity (Wildman–Crippen MR) is 127 cm³/mol. The van der Waals surface area contributed by atoms with Gasteiger partial charge in [0.15, 0.2) is 0 Å². The smallest absolute Gasteiger partial charge is 0.338 e. The first-order valence-electron chi connectivity index (χ1n) is 11.9. The summed E-state index contributed by atoms with van der Waals surface area (Å²) in [6.45, 7) is 6.69. The Hall–Kier alpha value is -2.29. The minimum absolute atomic E-state index is 0.170. The molecule has 4 aliphatic heterocycles. The van der Waals surface area contributed by atoms with Gasteiger partial charge in [-0.25, -0.2) is 15.2 Å². The largest absolute Gasteiger partial charge is 0.480 e. The van der Waals surface area contributed by atoms with E-state index < -0.39 is 12.0 Å². The number of carbonyl (C=O) groups is 2. The van der Waals surface area contributed by atoms with E-state index in [0.29, 0.717) is 13.1 Å². The van der Waals surface area contributed by atoms with Crippen molar-refractivity contribution in [2.75, 3.05) is 44.2 Å². The zero-order valence-corrected chi connectivity index (χ0v) is 19.6. The van der Waals surface area contributed by atoms with Crippen molar-refractivity contribution in [3.05, 3.63) is 41.1 Å². The minimum atomic E-state index is -0.987. The summed E-state index contributed by atoms with van der Waals surface area (Å²) in [6.07, 6.45) is 8.62. The second kappa shape index (κ2) is 9.16. The third kappa shape index (κ3) is 4.69. The lowest BCUT2D eigenvalue weighted by atomic mass is 9.78. The molecule has 2 N–H and O–H groups in total. The van der Waals surface area contributed by atoms with Crippen molar-refractivity contribution in [3.63, 3.8) is 0 Å². The molecule has 1 aromatic carbocycles. The van der Waals surface area contributed by atoms with Crippen molar-refractivity contribution in [3.8, 4) is 0 Å². The molecule has 1 aromatic rings. The fourth-order valence-electron chi connectivity index (χ4n) is 5.72. The molecule has 5 rings (SSSR count). The van der Waals surface area contributed by atoms with Gasteiger partial charge in [-0.3, -0.25) is 9.69 Å². The van der Waals surface area contributed by atoms with Gasteiger partial charge in [0, 0.05) is 56.2 Å². The highest BCUT2D eigenvalue weighted by Crippen LogP contribution is 2.41. The van der Waals surface area contributed by atoms with Gasteiger partial charge in [0.1, 0.15) is 6.04 Å². The molecule has 4 heterocycles. The zero-order valence-electron chi connectivity index (χ0n) is 18.9. The van der Waals surface area contributed by atoms with Gasteiger partial charge in [-0.05, 0) is 67.8 Å². The van der Waals surface area contributed by atoms with Crippen molar-refractivity contribution in [2.45, 2.75) is 44.7 Å². The molecule has 0 bridgehead atoms. The van der Waals surface area contributed by atoms with E-state index >= 15 is 0 Å². The molecule has 1 atom stereocenters. The maximum absolute atomic E-state index is 12.8. The molecule has 178 valence electrons. The summed E-state index contributed by atoms with van der Waals surface area (Å²) in [5, 5.41) is 11.2. The second-order valence-corrected chi connectivity index (χ2v) is 10.3. The van der Waals surface area contributed by atoms with Crippen LogP contribution in [-0.2, 0) is 11.3 Å². The summed E-state index contributed by atoms with van der Waals surface area (Å²) < 4.78 is 0. The number of nitrogens with one attached hydrogen (secondary N) is 1. The van der Waals surface area contributed by atoms with Gasteiger partial charge in [0.05, 0.1) is 0 Å². The first kappa shape index (κ1) is 22.5. The number of hydrazine groups is 1. The number of halogens is 1. The van der Waals surface area contributed by atoms with Crippen LogP contribution in [0.15, 0.2) is 30.5 Å². The van der Waals surface area contributed by atoms with Crippen LogP contribution in [0.2, 0.25) is 5.02 Å². The number of hydrogen-bond donors (Lipinski definition) is 2. The Morgan fingerprint density at radius 3 is 2.52 bits per heavy atom. The van der Waals surface area contributed by atoms with E-state index in [-0.39, 0.29) is 11.4 Å². The number of urea groups is 1. The average Bonchev–Trinajstić information content (AvgIpc) is 3.57. The van der Waals surface area contributed by atoms with Gasteiger partial charge in [0.2, 0.25) is 0 Å². The molecule has 3 fully saturated rings. The Balaban J connectivity index is 1.17. The van der Waals surface area contributed by atoms with Crippen molar-refractivity contribution in [1.82, 2.24) is 20.2 Å². The van der Waals surface area contributed by atoms with E-state index in [0.717, 1.165) is 57.0 Å². The van der Waals surface area contributed by atoms with Crippen molar-refractivity contribution in [2.24, 2.45) is 5.41 Å². The molecule has 4 aliphatic rings. The fraction of sp³-hybridized carbons (Fsp3) is 0.583. The number of likely N-dealkylation sites (tertiary alicyclic amines) is 2. The molecule has 0 aromatic heterocycles. The molecule has 2 amide bonds. The van der Waals surface area contributed by atoms with Crippen LogP contribution in [0.1, 0.15) is 37.7 Å². The molecule has 1 spiro atoms. The maximum Gasteiger partial charge on any atom is 0.338 e. The highest BCUT2D eigenvalue weighted by molar-refractivity contribution is 6.30. The number of carbonyl (C=O) groups excluding carboxylic acids is 1. The second-order valence-electron chi connectivity index (χ2n) is 9.85. The molecule has 0 saturated carbocycles. The number of hydrogen-bond acceptors (Lipinski definition) is 5. The number of benzene rings is 1. The Bertz CT molecular complexity index is 940. The summed E-state index contributed by atoms with van der Waals surface area (Å²) in [6, 6.07) is 5.29. The van der Waals surface area contributed by atoms with Crippen LogP contribution in [0.5, 0.6) is 0 Å². The molecule has 0 radical (unpaired) electrons. The standard InChI is InChI=1S/C24H32ClN5O3/c25-19-4-3-18(21(15-19)28-9-1-2-10-28)16-27-12-6-24(17-27)7-13-29(14-8-24)23(33)30-11-5-20(26-30)22(31)32/h3-5,11,15,20,26H,1-2,6-10,12-14,16-17H2,(H,31,32). The van der Waals surface area contributed by atoms with Crippen molar-refractivity contribution < 1.29 is 14.7 Å². The lowest BCUT2D eigenvalue weighted by molar-refractivity contribution is -0.138. The molecule has 9 heteroatoms. The molecule has 0 aliphatic carbocycles. The fourth-order valence-corrected chi connectivity index (χ4v) is 5.89. The van der Waals surface area contributed by atoms with Gasteiger partial charge < -0.3 is 14.9 Å². The summed E-state index contributed by atoms with van der Waals surface area (Å²) in [5.41, 5.74) is 5.62. The van der Waals surface area contributed by atoms with Crippen LogP contribution < -0.4 is 10.3 Å². The first-order chi connectivity index (χ1) is 15.9. The Morgan fingerprint density at radius 2 is 1.82 bits per heavy atom. The molecule has 3 saturated heterocycles. The van der Waals surface area contributed by atoms with Crippen LogP contribution in [0.25, 0.3) is 0 Å². The third-order valence-electron chi connectivity index (χ3n) is 7.68. The predicted octanol–water partition coefficient (Wildman–Crippen LogP) is 3.14. The summed E-state index contributed by atoms with van der Waals surface area (Å²) in [5.74, 6) is -0.987. The van der Waals surface area contributed by atoms with Gasteiger partial charge in [-0.1, -0.05) is 17.7 Å². The number of piperidine rings is 1. The summed E-state index contributed by atoms with van der Waals surface area (Å²) >= 11 is 6.32. The number of nitrogens with zero attached hydrogens (tertiary/aromatic N) is 4. The van der Waals surface area contributed by atoms with Crippen LogP contribution >= 0.6 is 11.6 Å². The molecular formula is C24H32ClN5O3. The lowest BCUT2D eigenvalue weighted by Gasteiger charge is -2.40. The Labute approximate surface area is 199 Å². The van der Waals surface area contributed by atoms with E-state index in [9.17, 15) is 9.59 Å². The van der Waals surface area contributed by atoms with Gasteiger partial charge in [0.25, 0.3) is 0 Å². The lowest BCUT2D eigenvalue weighted by Crippen LogP contribution is -2.52. The summed E-state index contributed by atoms with van der Waals surface area (Å²) in [7, 11) is 0. The maximum atomic E-state index is 12.8. The zero-order chi connectivity index (χ0) is 23.0. The van der Waals surface area contributed by atoms with Crippen LogP contribution in [-0.4, -0.2) is 77.2 Å². The molecular weight excluding hydrogens is 442 g/mol. The van der Waals surface area contributed by atoms with Crippen LogP contribution in [0.4, 0.5) is 10.5 Å². The highest BCUT2D eigenvalue weighted by atomic mass is 35.5. The van der Waals surface area contributed by atoms with E-state index in [4.69, 9.17) is 16.7 Å². The van der Waals surface area contributed by atoms with E-state index in [1.807, 2.05) is 11.0 Å². The van der Waals surface area contributed by atoms with Crippen molar-refractivity contribution >= 4 is 29.3 Å². The van der Waals surface area contributed by atoms with Gasteiger partial charge in [-0.2, -0.15) is 0 Å². The number of aliphatic carboxylic acids is 1. The Kier molecular flexibility index (Phi) is 6.24. The number of rotatable bonds is 4.